The van der Waals surface area contributed by atoms with Crippen molar-refractivity contribution in [2.75, 3.05) is 25.0 Å². The van der Waals surface area contributed by atoms with E-state index in [0.717, 1.165) is 49.7 Å². The highest BCUT2D eigenvalue weighted by molar-refractivity contribution is 7.10. The molecule has 5 heteroatoms. The molecular weight excluding hydrogens is 268 g/mol. The molecule has 0 amide bonds. The topological polar surface area (TPSA) is 41.1 Å². The van der Waals surface area contributed by atoms with Crippen LogP contribution < -0.4 is 5.32 Å². The van der Waals surface area contributed by atoms with Crippen molar-refractivity contribution in [2.45, 2.75) is 26.3 Å². The summed E-state index contributed by atoms with van der Waals surface area (Å²) in [6, 6.07) is 8.80. The quantitative estimate of drug-likeness (QED) is 0.939. The highest BCUT2D eigenvalue weighted by Gasteiger charge is 2.16. The molecule has 0 bridgehead atoms. The van der Waals surface area contributed by atoms with Crippen molar-refractivity contribution >= 4 is 16.5 Å². The molecule has 2 aromatic rings. The maximum Gasteiger partial charge on any atom is 0.134 e. The molecule has 0 saturated heterocycles. The molecule has 2 heterocycles. The number of fused-ring (bicyclic) bond motifs is 1. The van der Waals surface area contributed by atoms with Crippen molar-refractivity contribution in [1.82, 2.24) is 14.5 Å². The predicted octanol–water partition coefficient (Wildman–Crippen LogP) is 2.57. The highest BCUT2D eigenvalue weighted by atomic mass is 32.1. The normalized spacial score (nSPS) is 15.7. The molecule has 0 unspecified atom stereocenters. The van der Waals surface area contributed by atoms with Crippen LogP contribution >= 0.6 is 11.5 Å². The van der Waals surface area contributed by atoms with Gasteiger partial charge in [0, 0.05) is 37.7 Å². The zero-order valence-electron chi connectivity index (χ0n) is 11.8. The lowest BCUT2D eigenvalue weighted by Gasteiger charge is -2.18. The van der Waals surface area contributed by atoms with E-state index in [0.29, 0.717) is 0 Å². The molecule has 3 rings (SSSR count). The van der Waals surface area contributed by atoms with Crippen LogP contribution in [0.25, 0.3) is 0 Å². The number of aromatic nitrogens is 2. The molecule has 1 aromatic heterocycles. The molecule has 4 nitrogen and oxygen atoms in total. The number of hydrogen-bond donors (Lipinski definition) is 1. The standard InChI is InChI=1S/C15H20N4S/c1-2-16-15-14(17-18-20-15)11-19-9-7-12-5-3-4-6-13(12)8-10-19/h3-6,16H,2,7-11H2,1H3. The molecule has 1 aliphatic rings. The van der Waals surface area contributed by atoms with Gasteiger partial charge >= 0.3 is 0 Å². The van der Waals surface area contributed by atoms with Crippen molar-refractivity contribution in [3.8, 4) is 0 Å². The molecule has 1 aliphatic heterocycles. The SMILES string of the molecule is CCNc1snnc1CN1CCc2ccccc2CC1. The molecule has 0 fully saturated rings. The summed E-state index contributed by atoms with van der Waals surface area (Å²) in [5, 5.41) is 8.74. The summed E-state index contributed by atoms with van der Waals surface area (Å²) in [5.41, 5.74) is 4.08. The lowest BCUT2D eigenvalue weighted by molar-refractivity contribution is 0.276. The minimum atomic E-state index is 0.896. The molecule has 106 valence electrons. The van der Waals surface area contributed by atoms with E-state index in [-0.39, 0.29) is 0 Å². The van der Waals surface area contributed by atoms with Crippen LogP contribution in [0.2, 0.25) is 0 Å². The van der Waals surface area contributed by atoms with Gasteiger partial charge in [0.05, 0.1) is 0 Å². The Morgan fingerprint density at radius 1 is 1.20 bits per heavy atom. The van der Waals surface area contributed by atoms with Crippen LogP contribution in [-0.2, 0) is 19.4 Å². The van der Waals surface area contributed by atoms with E-state index in [2.05, 4.69) is 51.0 Å². The van der Waals surface area contributed by atoms with Crippen molar-refractivity contribution in [3.05, 3.63) is 41.1 Å². The first-order valence-corrected chi connectivity index (χ1v) is 7.98. The molecule has 0 aliphatic carbocycles. The van der Waals surface area contributed by atoms with Crippen LogP contribution in [0.1, 0.15) is 23.7 Å². The fourth-order valence-electron chi connectivity index (χ4n) is 2.69. The van der Waals surface area contributed by atoms with Crippen LogP contribution in [0.4, 0.5) is 5.00 Å². The first-order valence-electron chi connectivity index (χ1n) is 7.21. The zero-order chi connectivity index (χ0) is 13.8. The van der Waals surface area contributed by atoms with Gasteiger partial charge in [-0.05, 0) is 30.9 Å². The average Bonchev–Trinajstić information content (AvgIpc) is 2.79. The number of nitrogens with zero attached hydrogens (tertiary/aromatic N) is 3. The molecule has 0 saturated carbocycles. The fourth-order valence-corrected chi connectivity index (χ4v) is 3.33. The van der Waals surface area contributed by atoms with Crippen LogP contribution in [0.5, 0.6) is 0 Å². The van der Waals surface area contributed by atoms with E-state index >= 15 is 0 Å². The first kappa shape index (κ1) is 13.5. The Kier molecular flexibility index (Phi) is 4.28. The summed E-state index contributed by atoms with van der Waals surface area (Å²) in [5.74, 6) is 0. The van der Waals surface area contributed by atoms with Gasteiger partial charge in [-0.3, -0.25) is 4.90 Å². The molecule has 0 radical (unpaired) electrons. The molecule has 1 N–H and O–H groups in total. The highest BCUT2D eigenvalue weighted by Crippen LogP contribution is 2.21. The third-order valence-corrected chi connectivity index (χ3v) is 4.51. The van der Waals surface area contributed by atoms with Gasteiger partial charge < -0.3 is 5.32 Å². The van der Waals surface area contributed by atoms with Crippen molar-refractivity contribution in [3.63, 3.8) is 0 Å². The van der Waals surface area contributed by atoms with E-state index in [1.165, 1.54) is 22.7 Å². The maximum atomic E-state index is 4.27. The Balaban J connectivity index is 1.67. The summed E-state index contributed by atoms with van der Waals surface area (Å²) >= 11 is 1.46. The van der Waals surface area contributed by atoms with Crippen molar-refractivity contribution < 1.29 is 0 Å². The van der Waals surface area contributed by atoms with Crippen molar-refractivity contribution in [1.29, 1.82) is 0 Å². The Morgan fingerprint density at radius 2 is 1.90 bits per heavy atom. The van der Waals surface area contributed by atoms with E-state index in [4.69, 9.17) is 0 Å². The number of hydrogen-bond acceptors (Lipinski definition) is 5. The summed E-state index contributed by atoms with van der Waals surface area (Å²) in [6.07, 6.45) is 2.26. The molecule has 0 spiro atoms. The Hall–Kier alpha value is -1.46. The lowest BCUT2D eigenvalue weighted by atomic mass is 10.0. The second kappa shape index (κ2) is 6.33. The van der Waals surface area contributed by atoms with Crippen LogP contribution in [0, 0.1) is 0 Å². The van der Waals surface area contributed by atoms with Crippen LogP contribution in [-0.4, -0.2) is 34.1 Å². The fraction of sp³-hybridized carbons (Fsp3) is 0.467. The lowest BCUT2D eigenvalue weighted by Crippen LogP contribution is -2.26. The molecular formula is C15H20N4S. The van der Waals surface area contributed by atoms with Gasteiger partial charge in [0.2, 0.25) is 0 Å². The van der Waals surface area contributed by atoms with Gasteiger partial charge in [-0.25, -0.2) is 0 Å². The second-order valence-corrected chi connectivity index (χ2v) is 5.88. The first-order chi connectivity index (χ1) is 9.86. The second-order valence-electron chi connectivity index (χ2n) is 5.12. The summed E-state index contributed by atoms with van der Waals surface area (Å²) in [6.45, 7) is 6.11. The Labute approximate surface area is 124 Å². The van der Waals surface area contributed by atoms with Crippen LogP contribution in [0.15, 0.2) is 24.3 Å². The Bertz CT molecular complexity index is 540. The zero-order valence-corrected chi connectivity index (χ0v) is 12.6. The smallest absolute Gasteiger partial charge is 0.134 e. The van der Waals surface area contributed by atoms with Crippen LogP contribution in [0.3, 0.4) is 0 Å². The van der Waals surface area contributed by atoms with Gasteiger partial charge in [-0.1, -0.05) is 28.8 Å². The van der Waals surface area contributed by atoms with Gasteiger partial charge in [-0.15, -0.1) is 5.10 Å². The summed E-state index contributed by atoms with van der Waals surface area (Å²) in [7, 11) is 0. The van der Waals surface area contributed by atoms with E-state index in [9.17, 15) is 0 Å². The number of benzene rings is 1. The average molecular weight is 288 g/mol. The van der Waals surface area contributed by atoms with Gasteiger partial charge in [0.15, 0.2) is 0 Å². The molecule has 0 atom stereocenters. The van der Waals surface area contributed by atoms with E-state index in [1.54, 1.807) is 0 Å². The molecule has 1 aromatic carbocycles. The predicted molar refractivity (Wildman–Crippen MR) is 83.2 cm³/mol. The van der Waals surface area contributed by atoms with Gasteiger partial charge in [0.25, 0.3) is 0 Å². The molecule has 20 heavy (non-hydrogen) atoms. The van der Waals surface area contributed by atoms with E-state index < -0.39 is 0 Å². The van der Waals surface area contributed by atoms with Crippen molar-refractivity contribution in [2.24, 2.45) is 0 Å². The largest absolute Gasteiger partial charge is 0.374 e. The minimum absolute atomic E-state index is 0.896. The summed E-state index contributed by atoms with van der Waals surface area (Å²) in [4.78, 5) is 2.48. The number of anilines is 1. The van der Waals surface area contributed by atoms with Gasteiger partial charge in [-0.2, -0.15) is 0 Å². The third kappa shape index (κ3) is 2.99. The minimum Gasteiger partial charge on any atom is -0.374 e. The summed E-state index contributed by atoms with van der Waals surface area (Å²) < 4.78 is 4.07. The maximum absolute atomic E-state index is 4.27. The Morgan fingerprint density at radius 3 is 2.55 bits per heavy atom. The number of rotatable bonds is 4. The monoisotopic (exact) mass is 288 g/mol. The third-order valence-electron chi connectivity index (χ3n) is 3.78. The van der Waals surface area contributed by atoms with Gasteiger partial charge in [0.1, 0.15) is 10.7 Å². The number of nitrogens with one attached hydrogen (secondary N) is 1. The van der Waals surface area contributed by atoms with E-state index in [1.807, 2.05) is 0 Å².